The van der Waals surface area contributed by atoms with E-state index in [0.717, 1.165) is 17.2 Å². The maximum Gasteiger partial charge on any atom is 0.257 e. The van der Waals surface area contributed by atoms with Gasteiger partial charge in [-0.25, -0.2) is 0 Å². The van der Waals surface area contributed by atoms with Crippen molar-refractivity contribution in [3.05, 3.63) is 101 Å². The van der Waals surface area contributed by atoms with Crippen LogP contribution in [0.5, 0.6) is 5.75 Å². The Morgan fingerprint density at radius 2 is 1.48 bits per heavy atom. The molecule has 2 N–H and O–H groups in total. The average molecular weight is 459 g/mol. The number of hydrogen-bond donors (Lipinski definition) is 2. The van der Waals surface area contributed by atoms with Crippen LogP contribution in [0.15, 0.2) is 84.9 Å². The molecule has 4 rings (SSSR count). The van der Waals surface area contributed by atoms with Gasteiger partial charge in [-0.1, -0.05) is 53.8 Å². The Bertz CT molecular complexity index is 1210. The van der Waals surface area contributed by atoms with E-state index in [1.807, 2.05) is 36.4 Å². The monoisotopic (exact) mass is 458 g/mol. The second-order valence-corrected chi connectivity index (χ2v) is 8.18. The number of rotatable bonds is 9. The Morgan fingerprint density at radius 3 is 2.27 bits per heavy atom. The van der Waals surface area contributed by atoms with Crippen molar-refractivity contribution in [2.75, 3.05) is 17.2 Å². The lowest BCUT2D eigenvalue weighted by atomic mass is 10.1. The summed E-state index contributed by atoms with van der Waals surface area (Å²) in [6.07, 6.45) is 1.50. The summed E-state index contributed by atoms with van der Waals surface area (Å²) in [6.45, 7) is 0.576. The summed E-state index contributed by atoms with van der Waals surface area (Å²) < 4.78 is 5.68. The fraction of sp³-hybridized carbons (Fsp3) is 0.120. The van der Waals surface area contributed by atoms with Crippen LogP contribution in [0.3, 0.4) is 0 Å². The van der Waals surface area contributed by atoms with E-state index < -0.39 is 0 Å². The van der Waals surface area contributed by atoms with Crippen molar-refractivity contribution < 1.29 is 14.3 Å². The Hall–Kier alpha value is -4.04. The molecule has 0 aliphatic rings. The summed E-state index contributed by atoms with van der Waals surface area (Å²) >= 11 is 1.33. The third kappa shape index (κ3) is 6.47. The van der Waals surface area contributed by atoms with E-state index in [1.165, 1.54) is 11.3 Å². The Labute approximate surface area is 195 Å². The number of aromatic nitrogens is 2. The second-order valence-electron chi connectivity index (χ2n) is 7.12. The summed E-state index contributed by atoms with van der Waals surface area (Å²) in [7, 11) is 0. The van der Waals surface area contributed by atoms with E-state index in [4.69, 9.17) is 4.74 Å². The van der Waals surface area contributed by atoms with Crippen LogP contribution in [0.2, 0.25) is 0 Å². The van der Waals surface area contributed by atoms with E-state index in [2.05, 4.69) is 20.8 Å². The molecule has 0 aliphatic heterocycles. The highest BCUT2D eigenvalue weighted by molar-refractivity contribution is 7.15. The van der Waals surface area contributed by atoms with Crippen molar-refractivity contribution in [3.8, 4) is 5.75 Å². The molecule has 1 heterocycles. The van der Waals surface area contributed by atoms with E-state index >= 15 is 0 Å². The molecule has 0 saturated carbocycles. The minimum Gasteiger partial charge on any atom is -0.494 e. The number of aryl methyl sites for hydroxylation is 1. The van der Waals surface area contributed by atoms with Crippen LogP contribution in [0.1, 0.15) is 32.1 Å². The van der Waals surface area contributed by atoms with Gasteiger partial charge < -0.3 is 10.1 Å². The van der Waals surface area contributed by atoms with E-state index in [-0.39, 0.29) is 11.8 Å². The first-order chi connectivity index (χ1) is 16.2. The summed E-state index contributed by atoms with van der Waals surface area (Å²) in [5.41, 5.74) is 1.49. The Morgan fingerprint density at radius 1 is 0.788 bits per heavy atom. The number of para-hydroxylation sites is 1. The van der Waals surface area contributed by atoms with Gasteiger partial charge in [0.25, 0.3) is 11.8 Å². The number of carbonyl (C=O) groups is 2. The standard InChI is InChI=1S/C25H22N4O3S/c30-23(18-9-3-1-4-10-18)26-20-12-7-11-19(17-20)24(31)27-25-29-28-22(33-25)15-8-16-32-21-13-5-2-6-14-21/h1-7,9-14,17H,8,15-16H2,(H,26,30)(H,27,29,31). The lowest BCUT2D eigenvalue weighted by Gasteiger charge is -2.07. The van der Waals surface area contributed by atoms with Gasteiger partial charge in [0.05, 0.1) is 6.61 Å². The van der Waals surface area contributed by atoms with Crippen LogP contribution in [0, 0.1) is 0 Å². The first kappa shape index (κ1) is 22.2. The molecule has 0 unspecified atom stereocenters. The number of nitrogens with one attached hydrogen (secondary N) is 2. The van der Waals surface area contributed by atoms with Gasteiger partial charge in [0.15, 0.2) is 0 Å². The molecule has 7 nitrogen and oxygen atoms in total. The summed E-state index contributed by atoms with van der Waals surface area (Å²) in [5.74, 6) is 0.281. The lowest BCUT2D eigenvalue weighted by Crippen LogP contribution is -2.14. The molecule has 2 amide bonds. The minimum absolute atomic E-state index is 0.238. The number of nitrogens with zero attached hydrogens (tertiary/aromatic N) is 2. The quantitative estimate of drug-likeness (QED) is 0.342. The zero-order valence-corrected chi connectivity index (χ0v) is 18.5. The van der Waals surface area contributed by atoms with Gasteiger partial charge in [-0.2, -0.15) is 0 Å². The van der Waals surface area contributed by atoms with Gasteiger partial charge >= 0.3 is 0 Å². The second kappa shape index (κ2) is 11.0. The molecule has 33 heavy (non-hydrogen) atoms. The zero-order chi connectivity index (χ0) is 22.9. The van der Waals surface area contributed by atoms with Crippen molar-refractivity contribution >= 4 is 34.0 Å². The summed E-state index contributed by atoms with van der Waals surface area (Å²) in [4.78, 5) is 25.0. The molecule has 0 fully saturated rings. The molecule has 8 heteroatoms. The zero-order valence-electron chi connectivity index (χ0n) is 17.7. The van der Waals surface area contributed by atoms with Crippen molar-refractivity contribution in [3.63, 3.8) is 0 Å². The molecular weight excluding hydrogens is 436 g/mol. The van der Waals surface area contributed by atoms with Crippen LogP contribution in [-0.4, -0.2) is 28.6 Å². The molecule has 0 saturated heterocycles. The van der Waals surface area contributed by atoms with E-state index in [9.17, 15) is 9.59 Å². The van der Waals surface area contributed by atoms with Gasteiger partial charge in [-0.3, -0.25) is 14.9 Å². The molecule has 3 aromatic carbocycles. The summed E-state index contributed by atoms with van der Waals surface area (Å²) in [5, 5.41) is 15.0. The SMILES string of the molecule is O=C(Nc1cccc(C(=O)Nc2nnc(CCCOc3ccccc3)s2)c1)c1ccccc1. The Kier molecular flexibility index (Phi) is 7.40. The molecule has 166 valence electrons. The van der Waals surface area contributed by atoms with Crippen molar-refractivity contribution in [2.24, 2.45) is 0 Å². The highest BCUT2D eigenvalue weighted by atomic mass is 32.1. The Balaban J connectivity index is 1.28. The topological polar surface area (TPSA) is 93.2 Å². The largest absolute Gasteiger partial charge is 0.494 e. The maximum atomic E-state index is 12.6. The van der Waals surface area contributed by atoms with Crippen LogP contribution in [0.4, 0.5) is 10.8 Å². The van der Waals surface area contributed by atoms with Crippen molar-refractivity contribution in [1.82, 2.24) is 10.2 Å². The molecule has 0 aliphatic carbocycles. The van der Waals surface area contributed by atoms with Crippen LogP contribution < -0.4 is 15.4 Å². The number of amides is 2. The molecule has 0 atom stereocenters. The van der Waals surface area contributed by atoms with Crippen molar-refractivity contribution in [2.45, 2.75) is 12.8 Å². The van der Waals surface area contributed by atoms with Crippen LogP contribution in [-0.2, 0) is 6.42 Å². The third-order valence-electron chi connectivity index (χ3n) is 4.65. The number of hydrogen-bond acceptors (Lipinski definition) is 6. The van der Waals surface area contributed by atoms with Crippen LogP contribution >= 0.6 is 11.3 Å². The number of carbonyl (C=O) groups excluding carboxylic acids is 2. The van der Waals surface area contributed by atoms with Gasteiger partial charge in [-0.05, 0) is 48.9 Å². The normalized spacial score (nSPS) is 10.4. The highest BCUT2D eigenvalue weighted by Crippen LogP contribution is 2.19. The lowest BCUT2D eigenvalue weighted by molar-refractivity contribution is 0.101. The van der Waals surface area contributed by atoms with Gasteiger partial charge in [-0.15, -0.1) is 10.2 Å². The first-order valence-electron chi connectivity index (χ1n) is 10.5. The first-order valence-corrected chi connectivity index (χ1v) is 11.3. The minimum atomic E-state index is -0.319. The molecule has 0 spiro atoms. The number of ether oxygens (including phenoxy) is 1. The average Bonchev–Trinajstić information content (AvgIpc) is 3.30. The number of anilines is 2. The fourth-order valence-electron chi connectivity index (χ4n) is 3.04. The molecule has 0 radical (unpaired) electrons. The van der Waals surface area contributed by atoms with Gasteiger partial charge in [0.1, 0.15) is 10.8 Å². The molecular formula is C25H22N4O3S. The summed E-state index contributed by atoms with van der Waals surface area (Å²) in [6, 6.07) is 25.3. The molecule has 0 bridgehead atoms. The number of benzene rings is 3. The van der Waals surface area contributed by atoms with Gasteiger partial charge in [0, 0.05) is 23.2 Å². The highest BCUT2D eigenvalue weighted by Gasteiger charge is 2.12. The molecule has 1 aromatic heterocycles. The molecule has 4 aromatic rings. The fourth-order valence-corrected chi connectivity index (χ4v) is 3.81. The van der Waals surface area contributed by atoms with Gasteiger partial charge in [0.2, 0.25) is 5.13 Å². The smallest absolute Gasteiger partial charge is 0.257 e. The third-order valence-corrected chi connectivity index (χ3v) is 5.55. The van der Waals surface area contributed by atoms with Crippen molar-refractivity contribution in [1.29, 1.82) is 0 Å². The predicted molar refractivity (Wildman–Crippen MR) is 129 cm³/mol. The van der Waals surface area contributed by atoms with E-state index in [0.29, 0.717) is 35.0 Å². The predicted octanol–water partition coefficient (Wildman–Crippen LogP) is 5.05. The van der Waals surface area contributed by atoms with E-state index in [1.54, 1.807) is 48.5 Å². The maximum absolute atomic E-state index is 12.6. The van der Waals surface area contributed by atoms with Crippen LogP contribution in [0.25, 0.3) is 0 Å².